The lowest BCUT2D eigenvalue weighted by molar-refractivity contribution is -0.115. The fourth-order valence-corrected chi connectivity index (χ4v) is 5.69. The van der Waals surface area contributed by atoms with E-state index in [0.29, 0.717) is 42.2 Å². The van der Waals surface area contributed by atoms with Crippen molar-refractivity contribution in [1.82, 2.24) is 9.80 Å². The van der Waals surface area contributed by atoms with E-state index in [1.54, 1.807) is 35.2 Å². The standard InChI is InChI=1S/C38H42FN3O5/c1-25-8-5-6-11-34(25)46-31-18-14-29(15-19-31)22-41(4)23-35-26(2)21-42(27(3)24-43)38(45)32-9-7-10-33(37(32)47-35)40-36(44)20-28-12-16-30(39)17-13-28/h5-19,26-27,35,43H,20-24H2,1-4H3,(H,40,44)/t26-,27?,35-/m1/s1. The zero-order valence-corrected chi connectivity index (χ0v) is 27.3. The molecule has 2 N–H and O–H groups in total. The van der Waals surface area contributed by atoms with Crippen molar-refractivity contribution in [3.05, 3.63) is 119 Å². The molecule has 2 amide bonds. The highest BCUT2D eigenvalue weighted by atomic mass is 19.1. The summed E-state index contributed by atoms with van der Waals surface area (Å²) >= 11 is 0. The number of rotatable bonds is 11. The maximum Gasteiger partial charge on any atom is 0.258 e. The summed E-state index contributed by atoms with van der Waals surface area (Å²) in [7, 11) is 2.02. The minimum absolute atomic E-state index is 0.0307. The second-order valence-corrected chi connectivity index (χ2v) is 12.4. The van der Waals surface area contributed by atoms with E-state index in [0.717, 1.165) is 22.6 Å². The first-order chi connectivity index (χ1) is 22.6. The van der Waals surface area contributed by atoms with Gasteiger partial charge in [-0.2, -0.15) is 0 Å². The molecule has 0 fully saturated rings. The van der Waals surface area contributed by atoms with Crippen LogP contribution in [0.4, 0.5) is 10.1 Å². The number of benzene rings is 4. The number of hydrogen-bond acceptors (Lipinski definition) is 6. The van der Waals surface area contributed by atoms with E-state index in [1.165, 1.54) is 12.1 Å². The Morgan fingerprint density at radius 2 is 1.74 bits per heavy atom. The lowest BCUT2D eigenvalue weighted by atomic mass is 9.98. The van der Waals surface area contributed by atoms with Gasteiger partial charge in [-0.25, -0.2) is 4.39 Å². The van der Waals surface area contributed by atoms with Crippen LogP contribution >= 0.6 is 0 Å². The molecule has 4 aromatic rings. The number of nitrogens with one attached hydrogen (secondary N) is 1. The Morgan fingerprint density at radius 3 is 2.45 bits per heavy atom. The number of nitrogens with zero attached hydrogens (tertiary/aromatic N) is 2. The van der Waals surface area contributed by atoms with Gasteiger partial charge in [0.05, 0.1) is 30.3 Å². The lowest BCUT2D eigenvalue weighted by Gasteiger charge is -2.38. The third-order valence-electron chi connectivity index (χ3n) is 8.43. The number of carbonyl (C=O) groups is 2. The Labute approximate surface area is 275 Å². The van der Waals surface area contributed by atoms with Gasteiger partial charge in [0.1, 0.15) is 23.4 Å². The second-order valence-electron chi connectivity index (χ2n) is 12.4. The Morgan fingerprint density at radius 1 is 1.04 bits per heavy atom. The van der Waals surface area contributed by atoms with Crippen LogP contribution in [0.25, 0.3) is 0 Å². The average molecular weight is 640 g/mol. The Hall–Kier alpha value is -4.73. The van der Waals surface area contributed by atoms with Crippen LogP contribution in [-0.2, 0) is 17.8 Å². The normalized spacial score (nSPS) is 16.9. The molecule has 1 unspecified atom stereocenters. The number of aliphatic hydroxyl groups is 1. The van der Waals surface area contributed by atoms with Gasteiger partial charge in [0.25, 0.3) is 5.91 Å². The van der Waals surface area contributed by atoms with Crippen LogP contribution in [0.2, 0.25) is 0 Å². The average Bonchev–Trinajstić information content (AvgIpc) is 3.05. The van der Waals surface area contributed by atoms with Crippen molar-refractivity contribution in [3.8, 4) is 17.2 Å². The molecule has 5 rings (SSSR count). The van der Waals surface area contributed by atoms with Crippen molar-refractivity contribution < 1.29 is 28.6 Å². The molecule has 246 valence electrons. The maximum atomic E-state index is 13.8. The van der Waals surface area contributed by atoms with Crippen LogP contribution in [0.3, 0.4) is 0 Å². The monoisotopic (exact) mass is 639 g/mol. The molecular formula is C38H42FN3O5. The summed E-state index contributed by atoms with van der Waals surface area (Å²) in [6.07, 6.45) is -0.317. The largest absolute Gasteiger partial charge is 0.486 e. The molecule has 1 aliphatic rings. The van der Waals surface area contributed by atoms with Gasteiger partial charge >= 0.3 is 0 Å². The summed E-state index contributed by atoms with van der Waals surface area (Å²) in [6, 6.07) is 26.3. The van der Waals surface area contributed by atoms with E-state index in [2.05, 4.69) is 10.2 Å². The number of fused-ring (bicyclic) bond motifs is 1. The summed E-state index contributed by atoms with van der Waals surface area (Å²) in [5.74, 6) is 0.807. The third-order valence-corrected chi connectivity index (χ3v) is 8.43. The molecule has 1 aliphatic heterocycles. The minimum atomic E-state index is -0.411. The number of amides is 2. The molecule has 1 heterocycles. The van der Waals surface area contributed by atoms with Crippen molar-refractivity contribution >= 4 is 17.5 Å². The molecule has 0 bridgehead atoms. The Kier molecular flexibility index (Phi) is 10.9. The zero-order valence-electron chi connectivity index (χ0n) is 27.3. The topological polar surface area (TPSA) is 91.3 Å². The number of hydrogen-bond donors (Lipinski definition) is 2. The molecule has 0 saturated heterocycles. The molecule has 8 nitrogen and oxygen atoms in total. The van der Waals surface area contributed by atoms with Crippen LogP contribution in [0, 0.1) is 18.7 Å². The van der Waals surface area contributed by atoms with E-state index in [9.17, 15) is 19.1 Å². The number of aliphatic hydroxyl groups excluding tert-OH is 1. The Balaban J connectivity index is 1.34. The summed E-state index contributed by atoms with van der Waals surface area (Å²) < 4.78 is 26.1. The van der Waals surface area contributed by atoms with Crippen molar-refractivity contribution in [3.63, 3.8) is 0 Å². The van der Waals surface area contributed by atoms with Crippen LogP contribution in [0.5, 0.6) is 17.2 Å². The van der Waals surface area contributed by atoms with Crippen molar-refractivity contribution in [2.45, 2.75) is 45.9 Å². The van der Waals surface area contributed by atoms with Crippen LogP contribution in [-0.4, -0.2) is 65.6 Å². The van der Waals surface area contributed by atoms with E-state index in [-0.39, 0.29) is 42.7 Å². The number of anilines is 1. The molecule has 0 spiro atoms. The lowest BCUT2D eigenvalue weighted by Crippen LogP contribution is -2.49. The van der Waals surface area contributed by atoms with Gasteiger partial charge in [-0.3, -0.25) is 14.5 Å². The van der Waals surface area contributed by atoms with Crippen molar-refractivity contribution in [2.75, 3.05) is 32.1 Å². The summed E-state index contributed by atoms with van der Waals surface area (Å²) in [5, 5.41) is 12.9. The van der Waals surface area contributed by atoms with E-state index >= 15 is 0 Å². The quantitative estimate of drug-likeness (QED) is 0.196. The number of likely N-dealkylation sites (N-methyl/N-ethyl adjacent to an activating group) is 1. The maximum absolute atomic E-state index is 13.8. The van der Waals surface area contributed by atoms with Crippen LogP contribution in [0.1, 0.15) is 40.9 Å². The highest BCUT2D eigenvalue weighted by molar-refractivity contribution is 6.02. The predicted molar refractivity (Wildman–Crippen MR) is 180 cm³/mol. The zero-order chi connectivity index (χ0) is 33.5. The fraction of sp³-hybridized carbons (Fsp3) is 0.316. The molecule has 0 aromatic heterocycles. The number of ether oxygens (including phenoxy) is 2. The van der Waals surface area contributed by atoms with E-state index in [1.807, 2.05) is 76.3 Å². The van der Waals surface area contributed by atoms with Crippen molar-refractivity contribution in [1.29, 1.82) is 0 Å². The summed E-state index contributed by atoms with van der Waals surface area (Å²) in [6.45, 7) is 7.25. The van der Waals surface area contributed by atoms with Gasteiger partial charge in [-0.1, -0.05) is 55.5 Å². The minimum Gasteiger partial charge on any atom is -0.486 e. The first kappa shape index (κ1) is 33.6. The molecule has 47 heavy (non-hydrogen) atoms. The number of carbonyl (C=O) groups excluding carboxylic acids is 2. The van der Waals surface area contributed by atoms with Gasteiger partial charge in [0, 0.05) is 25.6 Å². The molecule has 0 aliphatic carbocycles. The van der Waals surface area contributed by atoms with Gasteiger partial charge in [0.15, 0.2) is 5.75 Å². The molecule has 4 aromatic carbocycles. The number of halogens is 1. The first-order valence-electron chi connectivity index (χ1n) is 15.9. The van der Waals surface area contributed by atoms with E-state index < -0.39 is 6.04 Å². The van der Waals surface area contributed by atoms with E-state index in [4.69, 9.17) is 9.47 Å². The fourth-order valence-electron chi connectivity index (χ4n) is 5.69. The van der Waals surface area contributed by atoms with Gasteiger partial charge in [0.2, 0.25) is 5.91 Å². The number of para-hydroxylation sites is 2. The Bertz CT molecular complexity index is 1680. The number of aryl methyl sites for hydroxylation is 1. The van der Waals surface area contributed by atoms with Crippen LogP contribution in [0.15, 0.2) is 91.0 Å². The highest BCUT2D eigenvalue weighted by Crippen LogP contribution is 2.35. The van der Waals surface area contributed by atoms with Gasteiger partial charge < -0.3 is 24.8 Å². The molecule has 0 saturated carbocycles. The molecule has 3 atom stereocenters. The SMILES string of the molecule is Cc1ccccc1Oc1ccc(CN(C)C[C@H]2Oc3c(NC(=O)Cc4ccc(F)cc4)cccc3C(=O)N(C(C)CO)C[C@H]2C)cc1. The van der Waals surface area contributed by atoms with Crippen molar-refractivity contribution in [2.24, 2.45) is 5.92 Å². The smallest absolute Gasteiger partial charge is 0.258 e. The van der Waals surface area contributed by atoms with Gasteiger partial charge in [-0.15, -0.1) is 0 Å². The first-order valence-corrected chi connectivity index (χ1v) is 15.9. The summed E-state index contributed by atoms with van der Waals surface area (Å²) in [4.78, 5) is 30.7. The highest BCUT2D eigenvalue weighted by Gasteiger charge is 2.34. The summed E-state index contributed by atoms with van der Waals surface area (Å²) in [5.41, 5.74) is 3.52. The van der Waals surface area contributed by atoms with Crippen LogP contribution < -0.4 is 14.8 Å². The molecule has 9 heteroatoms. The molecular weight excluding hydrogens is 597 g/mol. The third kappa shape index (κ3) is 8.55. The molecule has 0 radical (unpaired) electrons. The van der Waals surface area contributed by atoms with Gasteiger partial charge in [-0.05, 0) is 80.1 Å². The second kappa shape index (κ2) is 15.2. The predicted octanol–water partition coefficient (Wildman–Crippen LogP) is 6.46.